The minimum absolute atomic E-state index is 0.218. The number of carbonyl (C=O) groups excluding carboxylic acids is 1. The van der Waals surface area contributed by atoms with Crippen LogP contribution in [0.25, 0.3) is 0 Å². The van der Waals surface area contributed by atoms with Gasteiger partial charge in [-0.15, -0.1) is 0 Å². The fourth-order valence-electron chi connectivity index (χ4n) is 3.92. The van der Waals surface area contributed by atoms with Gasteiger partial charge in [-0.3, -0.25) is 4.79 Å². The van der Waals surface area contributed by atoms with Crippen molar-refractivity contribution in [1.82, 2.24) is 15.1 Å². The molecule has 1 aliphatic carbocycles. The number of carbonyl (C=O) groups is 1. The molecule has 0 aromatic carbocycles. The van der Waals surface area contributed by atoms with Gasteiger partial charge in [0.05, 0.1) is 6.10 Å². The first kappa shape index (κ1) is 18.7. The molecule has 5 nitrogen and oxygen atoms in total. The van der Waals surface area contributed by atoms with E-state index in [1.54, 1.807) is 0 Å². The van der Waals surface area contributed by atoms with Crippen molar-refractivity contribution in [3.8, 4) is 0 Å². The maximum absolute atomic E-state index is 12.0. The average molecular weight is 325 g/mol. The number of aliphatic hydroxyl groups excluding tert-OH is 1. The van der Waals surface area contributed by atoms with Crippen molar-refractivity contribution in [2.45, 2.75) is 64.0 Å². The standard InChI is InChI=1S/C18H35N3O2/c1-15(22)13-21-11-7-16(8-12-21)14-20(2)10-9-18(23)19-17-5-3-4-6-17/h15-17,22H,3-14H2,1-2H3,(H,19,23)/t15-/m0/s1. The molecule has 0 radical (unpaired) electrons. The van der Waals surface area contributed by atoms with E-state index in [9.17, 15) is 9.90 Å². The van der Waals surface area contributed by atoms with Gasteiger partial charge in [0.1, 0.15) is 0 Å². The van der Waals surface area contributed by atoms with E-state index in [1.165, 1.54) is 25.7 Å². The number of aliphatic hydroxyl groups is 1. The van der Waals surface area contributed by atoms with Crippen LogP contribution in [-0.2, 0) is 4.79 Å². The smallest absolute Gasteiger partial charge is 0.221 e. The molecule has 1 atom stereocenters. The molecule has 1 saturated heterocycles. The quantitative estimate of drug-likeness (QED) is 0.709. The van der Waals surface area contributed by atoms with E-state index in [2.05, 4.69) is 22.2 Å². The van der Waals surface area contributed by atoms with Gasteiger partial charge in [0, 0.05) is 32.1 Å². The van der Waals surface area contributed by atoms with Crippen LogP contribution in [-0.4, -0.2) is 72.7 Å². The Labute approximate surface area is 141 Å². The second kappa shape index (κ2) is 9.60. The topological polar surface area (TPSA) is 55.8 Å². The molecule has 1 saturated carbocycles. The van der Waals surface area contributed by atoms with Gasteiger partial charge in [-0.1, -0.05) is 12.8 Å². The molecule has 0 spiro atoms. The lowest BCUT2D eigenvalue weighted by Crippen LogP contribution is -2.41. The normalized spacial score (nSPS) is 22.6. The van der Waals surface area contributed by atoms with Crippen molar-refractivity contribution in [3.05, 3.63) is 0 Å². The van der Waals surface area contributed by atoms with Crippen LogP contribution >= 0.6 is 0 Å². The first-order valence-electron chi connectivity index (χ1n) is 9.41. The maximum atomic E-state index is 12.0. The van der Waals surface area contributed by atoms with Gasteiger partial charge >= 0.3 is 0 Å². The molecule has 0 unspecified atom stereocenters. The summed E-state index contributed by atoms with van der Waals surface area (Å²) in [7, 11) is 2.13. The Hall–Kier alpha value is -0.650. The number of amides is 1. The molecule has 2 aliphatic rings. The summed E-state index contributed by atoms with van der Waals surface area (Å²) in [5, 5.41) is 12.6. The SMILES string of the molecule is C[C@H](O)CN1CCC(CN(C)CCC(=O)NC2CCCC2)CC1. The molecule has 1 amide bonds. The summed E-state index contributed by atoms with van der Waals surface area (Å²) in [4.78, 5) is 16.6. The van der Waals surface area contributed by atoms with E-state index < -0.39 is 0 Å². The summed E-state index contributed by atoms with van der Waals surface area (Å²) in [6.45, 7) is 6.77. The molecule has 0 bridgehead atoms. The summed E-state index contributed by atoms with van der Waals surface area (Å²) in [5.41, 5.74) is 0. The highest BCUT2D eigenvalue weighted by molar-refractivity contribution is 5.76. The third kappa shape index (κ3) is 7.19. The molecule has 2 fully saturated rings. The molecule has 1 heterocycles. The zero-order valence-electron chi connectivity index (χ0n) is 15.0. The van der Waals surface area contributed by atoms with Gasteiger partial charge in [0.15, 0.2) is 0 Å². The Balaban J connectivity index is 1.56. The van der Waals surface area contributed by atoms with Crippen molar-refractivity contribution in [1.29, 1.82) is 0 Å². The van der Waals surface area contributed by atoms with E-state index in [1.807, 2.05) is 6.92 Å². The Morgan fingerprint density at radius 3 is 2.52 bits per heavy atom. The second-order valence-electron chi connectivity index (χ2n) is 7.65. The van der Waals surface area contributed by atoms with E-state index in [-0.39, 0.29) is 12.0 Å². The van der Waals surface area contributed by atoms with E-state index in [4.69, 9.17) is 0 Å². The van der Waals surface area contributed by atoms with Crippen molar-refractivity contribution >= 4 is 5.91 Å². The number of hydrogen-bond donors (Lipinski definition) is 2. The monoisotopic (exact) mass is 325 g/mol. The number of β-amino-alcohol motifs (C(OH)–C–C–N with tert-alkyl or cyclic N) is 1. The lowest BCUT2D eigenvalue weighted by molar-refractivity contribution is -0.122. The van der Waals surface area contributed by atoms with Gasteiger partial charge in [-0.25, -0.2) is 0 Å². The highest BCUT2D eigenvalue weighted by atomic mass is 16.3. The predicted molar refractivity (Wildman–Crippen MR) is 93.4 cm³/mol. The third-order valence-corrected chi connectivity index (χ3v) is 5.24. The summed E-state index contributed by atoms with van der Waals surface area (Å²) in [6, 6.07) is 0.436. The third-order valence-electron chi connectivity index (χ3n) is 5.24. The average Bonchev–Trinajstić information content (AvgIpc) is 2.99. The van der Waals surface area contributed by atoms with Crippen LogP contribution < -0.4 is 5.32 Å². The minimum atomic E-state index is -0.229. The molecule has 2 rings (SSSR count). The first-order chi connectivity index (χ1) is 11.0. The number of rotatable bonds is 8. The molecule has 1 aliphatic heterocycles. The lowest BCUT2D eigenvalue weighted by Gasteiger charge is -2.34. The number of likely N-dealkylation sites (tertiary alicyclic amines) is 1. The Bertz CT molecular complexity index is 348. The number of nitrogens with one attached hydrogen (secondary N) is 1. The van der Waals surface area contributed by atoms with Gasteiger partial charge in [0.2, 0.25) is 5.91 Å². The van der Waals surface area contributed by atoms with E-state index >= 15 is 0 Å². The molecule has 23 heavy (non-hydrogen) atoms. The Morgan fingerprint density at radius 1 is 1.26 bits per heavy atom. The largest absolute Gasteiger partial charge is 0.392 e. The van der Waals surface area contributed by atoms with Crippen LogP contribution in [0.2, 0.25) is 0 Å². The van der Waals surface area contributed by atoms with Gasteiger partial charge < -0.3 is 20.2 Å². The predicted octanol–water partition coefficient (Wildman–Crippen LogP) is 1.46. The highest BCUT2D eigenvalue weighted by Gasteiger charge is 2.21. The van der Waals surface area contributed by atoms with E-state index in [0.29, 0.717) is 12.5 Å². The lowest BCUT2D eigenvalue weighted by atomic mass is 9.96. The summed E-state index contributed by atoms with van der Waals surface area (Å²) < 4.78 is 0. The molecule has 5 heteroatoms. The molecule has 134 valence electrons. The van der Waals surface area contributed by atoms with Crippen molar-refractivity contribution in [2.24, 2.45) is 5.92 Å². The van der Waals surface area contributed by atoms with E-state index in [0.717, 1.165) is 51.5 Å². The summed E-state index contributed by atoms with van der Waals surface area (Å²) >= 11 is 0. The van der Waals surface area contributed by atoms with Crippen LogP contribution in [0.15, 0.2) is 0 Å². The molecule has 0 aromatic rings. The highest BCUT2D eigenvalue weighted by Crippen LogP contribution is 2.19. The Morgan fingerprint density at radius 2 is 1.91 bits per heavy atom. The maximum Gasteiger partial charge on any atom is 0.221 e. The minimum Gasteiger partial charge on any atom is -0.392 e. The zero-order chi connectivity index (χ0) is 16.7. The van der Waals surface area contributed by atoms with Crippen molar-refractivity contribution in [2.75, 3.05) is 39.8 Å². The number of nitrogens with zero attached hydrogens (tertiary/aromatic N) is 2. The molecular weight excluding hydrogens is 290 g/mol. The first-order valence-corrected chi connectivity index (χ1v) is 9.41. The van der Waals surface area contributed by atoms with Crippen LogP contribution in [0, 0.1) is 5.92 Å². The van der Waals surface area contributed by atoms with Gasteiger partial charge in [-0.05, 0) is 58.7 Å². The van der Waals surface area contributed by atoms with Crippen molar-refractivity contribution < 1.29 is 9.90 Å². The Kier molecular flexibility index (Phi) is 7.80. The molecular formula is C18H35N3O2. The van der Waals surface area contributed by atoms with Gasteiger partial charge in [0.25, 0.3) is 0 Å². The van der Waals surface area contributed by atoms with Gasteiger partial charge in [-0.2, -0.15) is 0 Å². The van der Waals surface area contributed by atoms with Crippen LogP contribution in [0.3, 0.4) is 0 Å². The van der Waals surface area contributed by atoms with Crippen LogP contribution in [0.4, 0.5) is 0 Å². The zero-order valence-corrected chi connectivity index (χ0v) is 15.0. The number of hydrogen-bond acceptors (Lipinski definition) is 4. The summed E-state index contributed by atoms with van der Waals surface area (Å²) in [5.74, 6) is 0.943. The molecule has 0 aromatic heterocycles. The van der Waals surface area contributed by atoms with Crippen LogP contribution in [0.5, 0.6) is 0 Å². The van der Waals surface area contributed by atoms with Crippen molar-refractivity contribution in [3.63, 3.8) is 0 Å². The fourth-order valence-corrected chi connectivity index (χ4v) is 3.92. The second-order valence-corrected chi connectivity index (χ2v) is 7.65. The fraction of sp³-hybridized carbons (Fsp3) is 0.944. The molecule has 2 N–H and O–H groups in total. The van der Waals surface area contributed by atoms with Crippen LogP contribution in [0.1, 0.15) is 51.9 Å². The summed E-state index contributed by atoms with van der Waals surface area (Å²) in [6.07, 6.45) is 7.63. The number of piperidine rings is 1.